The average Bonchev–Trinajstić information content (AvgIpc) is 2.67. The molecule has 0 aromatic heterocycles. The van der Waals surface area contributed by atoms with Crippen LogP contribution in [0, 0.1) is 21.5 Å². The topological polar surface area (TPSA) is 6.48 Å². The first-order chi connectivity index (χ1) is 7.36. The first kappa shape index (κ1) is 22.7. The van der Waals surface area contributed by atoms with Crippen molar-refractivity contribution >= 4 is 0 Å². The Morgan fingerprint density at radius 1 is 0.889 bits per heavy atom. The molecule has 0 aromatic rings. The summed E-state index contributed by atoms with van der Waals surface area (Å²) < 4.78 is 0. The second kappa shape index (κ2) is 14.6. The molecule has 0 spiro atoms. The Bertz CT molecular complexity index is 205. The standard InChI is InChI=1S/C13H21N2.2CH3.Pt/c1-3-5-7-9-14-11-12-15(13-14)10-8-6-4-2;;;/h3-4,11-13H,1-2,5-10H2;2*1H3;/q3*-1;. The fourth-order valence-corrected chi connectivity index (χ4v) is 1.54. The summed E-state index contributed by atoms with van der Waals surface area (Å²) in [5, 5.41) is 0. The normalized spacial score (nSPS) is 12.2. The summed E-state index contributed by atoms with van der Waals surface area (Å²) in [6, 6.07) is 0. The van der Waals surface area contributed by atoms with Gasteiger partial charge in [-0.15, -0.1) is 13.2 Å². The van der Waals surface area contributed by atoms with Crippen molar-refractivity contribution in [2.24, 2.45) is 0 Å². The van der Waals surface area contributed by atoms with Crippen LogP contribution in [0.2, 0.25) is 0 Å². The molecular weight excluding hydrogens is 403 g/mol. The third-order valence-electron chi connectivity index (χ3n) is 2.40. The van der Waals surface area contributed by atoms with E-state index in [1.54, 1.807) is 0 Å². The van der Waals surface area contributed by atoms with Gasteiger partial charge in [0.15, 0.2) is 0 Å². The number of unbranched alkanes of at least 4 members (excludes halogenated alkanes) is 2. The first-order valence-electron chi connectivity index (χ1n) is 5.63. The Labute approximate surface area is 129 Å². The SMILES string of the molecule is C=CCCCN1C=CN(CCCC=C)[CH-]1.[CH3-].[CH3-].[Pt]. The summed E-state index contributed by atoms with van der Waals surface area (Å²) in [6.45, 7) is 11.8. The molecule has 0 aliphatic carbocycles. The van der Waals surface area contributed by atoms with Gasteiger partial charge in [-0.2, -0.15) is 6.67 Å². The second-order valence-corrected chi connectivity index (χ2v) is 3.75. The van der Waals surface area contributed by atoms with Crippen molar-refractivity contribution in [3.8, 4) is 0 Å². The molecule has 1 heterocycles. The number of nitrogens with zero attached hydrogens (tertiary/aromatic N) is 2. The zero-order valence-electron chi connectivity index (χ0n) is 11.8. The molecule has 0 amide bonds. The quantitative estimate of drug-likeness (QED) is 0.326. The van der Waals surface area contributed by atoms with Gasteiger partial charge in [-0.1, -0.05) is 12.2 Å². The summed E-state index contributed by atoms with van der Waals surface area (Å²) in [5.41, 5.74) is 0. The number of hydrogen-bond acceptors (Lipinski definition) is 2. The van der Waals surface area contributed by atoms with Gasteiger partial charge in [-0.3, -0.25) is 0 Å². The first-order valence-corrected chi connectivity index (χ1v) is 5.63. The van der Waals surface area contributed by atoms with Gasteiger partial charge < -0.3 is 24.7 Å². The van der Waals surface area contributed by atoms with E-state index in [1.807, 2.05) is 12.2 Å². The van der Waals surface area contributed by atoms with Gasteiger partial charge in [0.2, 0.25) is 0 Å². The Kier molecular flexibility index (Phi) is 18.3. The van der Waals surface area contributed by atoms with Crippen LogP contribution in [0.5, 0.6) is 0 Å². The fraction of sp³-hybridized carbons (Fsp3) is 0.400. The van der Waals surface area contributed by atoms with Gasteiger partial charge in [0.1, 0.15) is 0 Å². The average molecular weight is 430 g/mol. The number of rotatable bonds is 8. The minimum Gasteiger partial charge on any atom is -0.508 e. The zero-order valence-corrected chi connectivity index (χ0v) is 14.0. The van der Waals surface area contributed by atoms with Crippen LogP contribution in [0.3, 0.4) is 0 Å². The predicted octanol–water partition coefficient (Wildman–Crippen LogP) is 4.02. The molecule has 1 aliphatic heterocycles. The van der Waals surface area contributed by atoms with Crippen LogP contribution in [0.25, 0.3) is 0 Å². The van der Waals surface area contributed by atoms with E-state index >= 15 is 0 Å². The smallest absolute Gasteiger partial charge is 0 e. The van der Waals surface area contributed by atoms with E-state index < -0.39 is 0 Å². The third-order valence-corrected chi connectivity index (χ3v) is 2.40. The van der Waals surface area contributed by atoms with Gasteiger partial charge in [0.05, 0.1) is 0 Å². The number of allylic oxidation sites excluding steroid dienone is 2. The molecule has 3 heteroatoms. The van der Waals surface area contributed by atoms with E-state index in [0.717, 1.165) is 25.9 Å². The van der Waals surface area contributed by atoms with Crippen LogP contribution in [0.4, 0.5) is 0 Å². The number of hydrogen-bond donors (Lipinski definition) is 0. The van der Waals surface area contributed by atoms with Crippen molar-refractivity contribution in [3.63, 3.8) is 0 Å². The molecule has 2 nitrogen and oxygen atoms in total. The Hall–Kier alpha value is -0.492. The van der Waals surface area contributed by atoms with Crippen LogP contribution in [-0.4, -0.2) is 22.9 Å². The molecule has 18 heavy (non-hydrogen) atoms. The molecule has 1 aliphatic rings. The monoisotopic (exact) mass is 430 g/mol. The van der Waals surface area contributed by atoms with Crippen LogP contribution in [-0.2, 0) is 21.1 Å². The van der Waals surface area contributed by atoms with E-state index in [1.165, 1.54) is 12.8 Å². The molecule has 0 saturated carbocycles. The Morgan fingerprint density at radius 2 is 1.28 bits per heavy atom. The van der Waals surface area contributed by atoms with Crippen molar-refractivity contribution in [1.82, 2.24) is 9.80 Å². The molecule has 0 fully saturated rings. The van der Waals surface area contributed by atoms with Crippen LogP contribution in [0.15, 0.2) is 37.7 Å². The van der Waals surface area contributed by atoms with Crippen molar-refractivity contribution in [2.45, 2.75) is 25.7 Å². The summed E-state index contributed by atoms with van der Waals surface area (Å²) in [7, 11) is 0. The van der Waals surface area contributed by atoms with Crippen molar-refractivity contribution in [1.29, 1.82) is 0 Å². The van der Waals surface area contributed by atoms with Gasteiger partial charge in [-0.25, -0.2) is 0 Å². The predicted molar refractivity (Wildman–Crippen MR) is 78.5 cm³/mol. The molecule has 0 radical (unpaired) electrons. The molecular formula is C15H27N2Pt-3. The van der Waals surface area contributed by atoms with Crippen molar-refractivity contribution in [3.05, 3.63) is 59.2 Å². The molecule has 0 atom stereocenters. The van der Waals surface area contributed by atoms with E-state index in [-0.39, 0.29) is 35.9 Å². The van der Waals surface area contributed by atoms with Crippen molar-refractivity contribution in [2.75, 3.05) is 13.1 Å². The molecule has 110 valence electrons. The van der Waals surface area contributed by atoms with E-state index in [4.69, 9.17) is 0 Å². The molecule has 0 unspecified atom stereocenters. The zero-order chi connectivity index (χ0) is 10.9. The maximum Gasteiger partial charge on any atom is 0 e. The van der Waals surface area contributed by atoms with Gasteiger partial charge in [0.25, 0.3) is 0 Å². The van der Waals surface area contributed by atoms with E-state index in [9.17, 15) is 0 Å². The summed E-state index contributed by atoms with van der Waals surface area (Å²) >= 11 is 0. The van der Waals surface area contributed by atoms with E-state index in [2.05, 4.69) is 42.0 Å². The maximum absolute atomic E-state index is 3.72. The van der Waals surface area contributed by atoms with Crippen molar-refractivity contribution < 1.29 is 21.1 Å². The Balaban J connectivity index is -0.000000750. The molecule has 1 rings (SSSR count). The van der Waals surface area contributed by atoms with Gasteiger partial charge >= 0.3 is 0 Å². The minimum atomic E-state index is 0. The minimum absolute atomic E-state index is 0. The second-order valence-electron chi connectivity index (χ2n) is 3.75. The van der Waals surface area contributed by atoms with E-state index in [0.29, 0.717) is 0 Å². The van der Waals surface area contributed by atoms with Crippen LogP contribution in [0.1, 0.15) is 25.7 Å². The molecule has 0 N–H and O–H groups in total. The molecule has 0 bridgehead atoms. The molecule has 0 saturated heterocycles. The van der Waals surface area contributed by atoms with Crippen LogP contribution < -0.4 is 0 Å². The summed E-state index contributed by atoms with van der Waals surface area (Å²) in [5.74, 6) is 0. The summed E-state index contributed by atoms with van der Waals surface area (Å²) in [6.07, 6.45) is 12.7. The van der Waals surface area contributed by atoms with Gasteiger partial charge in [-0.05, 0) is 51.2 Å². The summed E-state index contributed by atoms with van der Waals surface area (Å²) in [4.78, 5) is 4.47. The van der Waals surface area contributed by atoms with Gasteiger partial charge in [0, 0.05) is 21.1 Å². The fourth-order valence-electron chi connectivity index (χ4n) is 1.54. The maximum atomic E-state index is 3.72. The van der Waals surface area contributed by atoms with Crippen LogP contribution >= 0.6 is 0 Å². The third kappa shape index (κ3) is 9.53. The molecule has 0 aromatic carbocycles. The largest absolute Gasteiger partial charge is 0.508 e. The Morgan fingerprint density at radius 3 is 1.61 bits per heavy atom.